The summed E-state index contributed by atoms with van der Waals surface area (Å²) >= 11 is 11.8. The topological polar surface area (TPSA) is 84.5 Å². The van der Waals surface area contributed by atoms with Crippen LogP contribution in [0.15, 0.2) is 71.6 Å². The molecule has 6 nitrogen and oxygen atoms in total. The van der Waals surface area contributed by atoms with Crippen molar-refractivity contribution >= 4 is 50.5 Å². The molecule has 2 N–H and O–H groups in total. The molecule has 0 aliphatic heterocycles. The summed E-state index contributed by atoms with van der Waals surface area (Å²) in [5.41, 5.74) is 1.15. The molecule has 0 fully saturated rings. The second-order valence-corrected chi connectivity index (χ2v) is 8.41. The lowest BCUT2D eigenvalue weighted by Crippen LogP contribution is -2.15. The van der Waals surface area contributed by atoms with E-state index in [4.69, 9.17) is 27.9 Å². The van der Waals surface area contributed by atoms with Crippen LogP contribution >= 0.6 is 23.2 Å². The maximum absolute atomic E-state index is 12.6. The van der Waals surface area contributed by atoms with E-state index in [9.17, 15) is 13.2 Å². The minimum Gasteiger partial charge on any atom is -0.495 e. The highest BCUT2D eigenvalue weighted by Gasteiger charge is 2.19. The Hall–Kier alpha value is -2.74. The lowest BCUT2D eigenvalue weighted by molar-refractivity contribution is 0.102. The maximum Gasteiger partial charge on any atom is 0.263 e. The number of carbonyl (C=O) groups excluding carboxylic acids is 1. The number of hydrogen-bond acceptors (Lipinski definition) is 4. The minimum absolute atomic E-state index is 0.0507. The molecule has 0 spiro atoms. The van der Waals surface area contributed by atoms with Crippen LogP contribution in [0.25, 0.3) is 0 Å². The smallest absolute Gasteiger partial charge is 0.263 e. The van der Waals surface area contributed by atoms with Crippen LogP contribution in [0, 0.1) is 0 Å². The quantitative estimate of drug-likeness (QED) is 0.549. The van der Waals surface area contributed by atoms with E-state index in [-0.39, 0.29) is 26.5 Å². The van der Waals surface area contributed by atoms with Crippen molar-refractivity contribution in [2.24, 2.45) is 0 Å². The van der Waals surface area contributed by atoms with Gasteiger partial charge in [-0.05, 0) is 54.6 Å². The molecule has 0 atom stereocenters. The van der Waals surface area contributed by atoms with E-state index in [1.807, 2.05) is 0 Å². The fourth-order valence-corrected chi connectivity index (χ4v) is 4.35. The maximum atomic E-state index is 12.6. The summed E-state index contributed by atoms with van der Waals surface area (Å²) in [7, 11) is -2.43. The molecule has 0 unspecified atom stereocenters. The van der Waals surface area contributed by atoms with Gasteiger partial charge >= 0.3 is 0 Å². The van der Waals surface area contributed by atoms with E-state index in [0.29, 0.717) is 17.0 Å². The molecule has 29 heavy (non-hydrogen) atoms. The largest absolute Gasteiger partial charge is 0.495 e. The van der Waals surface area contributed by atoms with Crippen LogP contribution in [0.3, 0.4) is 0 Å². The first kappa shape index (κ1) is 21.0. The van der Waals surface area contributed by atoms with Gasteiger partial charge in [0.15, 0.2) is 0 Å². The highest BCUT2D eigenvalue weighted by atomic mass is 35.5. The lowest BCUT2D eigenvalue weighted by atomic mass is 10.2. The number of hydrogen-bond donors (Lipinski definition) is 2. The SMILES string of the molecule is COc1ccccc1NC(=O)c1ccc(NS(=O)(=O)c2cc(Cl)ccc2Cl)cc1. The van der Waals surface area contributed by atoms with Gasteiger partial charge in [-0.1, -0.05) is 35.3 Å². The average molecular weight is 451 g/mol. The van der Waals surface area contributed by atoms with E-state index >= 15 is 0 Å². The van der Waals surface area contributed by atoms with Crippen LogP contribution < -0.4 is 14.8 Å². The number of methoxy groups -OCH3 is 1. The van der Waals surface area contributed by atoms with Crippen LogP contribution in [0.5, 0.6) is 5.75 Å². The second-order valence-electron chi connectivity index (χ2n) is 5.91. The van der Waals surface area contributed by atoms with Crippen molar-refractivity contribution in [3.63, 3.8) is 0 Å². The van der Waals surface area contributed by atoms with Crippen molar-refractivity contribution in [3.8, 4) is 5.75 Å². The number of para-hydroxylation sites is 2. The normalized spacial score (nSPS) is 11.0. The van der Waals surface area contributed by atoms with Gasteiger partial charge in [-0.15, -0.1) is 0 Å². The first-order valence-corrected chi connectivity index (χ1v) is 10.6. The Bertz CT molecular complexity index is 1150. The fraction of sp³-hybridized carbons (Fsp3) is 0.0500. The van der Waals surface area contributed by atoms with Crippen LogP contribution in [0.2, 0.25) is 10.0 Å². The number of halogens is 2. The fourth-order valence-electron chi connectivity index (χ4n) is 2.53. The van der Waals surface area contributed by atoms with E-state index in [0.717, 1.165) is 0 Å². The molecular formula is C20H16Cl2N2O4S. The average Bonchev–Trinajstić information content (AvgIpc) is 2.70. The monoisotopic (exact) mass is 450 g/mol. The van der Waals surface area contributed by atoms with Gasteiger partial charge in [0, 0.05) is 16.3 Å². The molecule has 0 aliphatic rings. The Balaban J connectivity index is 1.76. The molecule has 3 aromatic carbocycles. The van der Waals surface area contributed by atoms with Gasteiger partial charge in [0.05, 0.1) is 17.8 Å². The molecule has 0 radical (unpaired) electrons. The van der Waals surface area contributed by atoms with Gasteiger partial charge in [-0.3, -0.25) is 9.52 Å². The van der Waals surface area contributed by atoms with Gasteiger partial charge in [-0.25, -0.2) is 8.42 Å². The highest BCUT2D eigenvalue weighted by molar-refractivity contribution is 7.92. The van der Waals surface area contributed by atoms with Gasteiger partial charge < -0.3 is 10.1 Å². The first-order chi connectivity index (χ1) is 13.8. The first-order valence-electron chi connectivity index (χ1n) is 8.32. The zero-order chi connectivity index (χ0) is 21.0. The Morgan fingerprint density at radius 1 is 0.966 bits per heavy atom. The summed E-state index contributed by atoms with van der Waals surface area (Å²) in [5, 5.41) is 3.05. The van der Waals surface area contributed by atoms with Crippen molar-refractivity contribution in [1.29, 1.82) is 0 Å². The summed E-state index contributed by atoms with van der Waals surface area (Å²) in [5.74, 6) is 0.172. The Labute approximate surface area is 178 Å². The third kappa shape index (κ3) is 5.00. The summed E-state index contributed by atoms with van der Waals surface area (Å²) in [6, 6.07) is 17.1. The van der Waals surface area contributed by atoms with Gasteiger partial charge in [0.2, 0.25) is 0 Å². The minimum atomic E-state index is -3.94. The Morgan fingerprint density at radius 2 is 1.66 bits per heavy atom. The second kappa shape index (κ2) is 8.73. The number of rotatable bonds is 6. The molecule has 3 rings (SSSR count). The number of sulfonamides is 1. The van der Waals surface area contributed by atoms with Gasteiger partial charge in [-0.2, -0.15) is 0 Å². The molecule has 1 amide bonds. The lowest BCUT2D eigenvalue weighted by Gasteiger charge is -2.11. The van der Waals surface area contributed by atoms with Crippen molar-refractivity contribution in [2.45, 2.75) is 4.90 Å². The summed E-state index contributed by atoms with van der Waals surface area (Å²) in [4.78, 5) is 12.3. The summed E-state index contributed by atoms with van der Waals surface area (Å²) in [6.07, 6.45) is 0. The molecule has 9 heteroatoms. The van der Waals surface area contributed by atoms with Crippen LogP contribution in [0.1, 0.15) is 10.4 Å². The van der Waals surface area contributed by atoms with Crippen LogP contribution in [-0.4, -0.2) is 21.4 Å². The van der Waals surface area contributed by atoms with E-state index in [1.54, 1.807) is 24.3 Å². The third-order valence-corrected chi connectivity index (χ3v) is 6.04. The molecule has 0 bridgehead atoms. The summed E-state index contributed by atoms with van der Waals surface area (Å²) in [6.45, 7) is 0. The molecule has 0 saturated heterocycles. The number of amides is 1. The molecule has 0 heterocycles. The number of carbonyl (C=O) groups is 1. The predicted molar refractivity (Wildman–Crippen MR) is 115 cm³/mol. The molecule has 3 aromatic rings. The number of ether oxygens (including phenoxy) is 1. The molecule has 0 aliphatic carbocycles. The third-order valence-electron chi connectivity index (χ3n) is 3.94. The van der Waals surface area contributed by atoms with Crippen LogP contribution in [0.4, 0.5) is 11.4 Å². The van der Waals surface area contributed by atoms with Crippen molar-refractivity contribution in [2.75, 3.05) is 17.1 Å². The number of nitrogens with one attached hydrogen (secondary N) is 2. The van der Waals surface area contributed by atoms with Crippen molar-refractivity contribution in [3.05, 3.63) is 82.3 Å². The van der Waals surface area contributed by atoms with Crippen molar-refractivity contribution in [1.82, 2.24) is 0 Å². The van der Waals surface area contributed by atoms with E-state index in [2.05, 4.69) is 10.0 Å². The standard InChI is InChI=1S/C20H16Cl2N2O4S/c1-28-18-5-3-2-4-17(18)23-20(25)13-6-9-15(10-7-13)24-29(26,27)19-12-14(21)8-11-16(19)22/h2-12,24H,1H3,(H,23,25). The number of benzene rings is 3. The van der Waals surface area contributed by atoms with Gasteiger partial charge in [0.1, 0.15) is 10.6 Å². The Morgan fingerprint density at radius 3 is 2.34 bits per heavy atom. The van der Waals surface area contributed by atoms with E-state index in [1.165, 1.54) is 49.6 Å². The zero-order valence-corrected chi connectivity index (χ0v) is 17.5. The molecule has 0 saturated carbocycles. The van der Waals surface area contributed by atoms with Gasteiger partial charge in [0.25, 0.3) is 15.9 Å². The molecular weight excluding hydrogens is 435 g/mol. The predicted octanol–water partition coefficient (Wildman–Crippen LogP) is 5.06. The highest BCUT2D eigenvalue weighted by Crippen LogP contribution is 2.27. The van der Waals surface area contributed by atoms with E-state index < -0.39 is 10.0 Å². The molecule has 150 valence electrons. The Kier molecular flexibility index (Phi) is 6.32. The van der Waals surface area contributed by atoms with Crippen molar-refractivity contribution < 1.29 is 17.9 Å². The number of anilines is 2. The molecule has 0 aromatic heterocycles. The zero-order valence-electron chi connectivity index (χ0n) is 15.1. The van der Waals surface area contributed by atoms with Crippen LogP contribution in [-0.2, 0) is 10.0 Å². The summed E-state index contributed by atoms with van der Waals surface area (Å²) < 4.78 is 32.7.